The van der Waals surface area contributed by atoms with E-state index in [4.69, 9.17) is 0 Å². The Morgan fingerprint density at radius 3 is 1.78 bits per heavy atom. The lowest BCUT2D eigenvalue weighted by molar-refractivity contribution is 0.509. The van der Waals surface area contributed by atoms with Gasteiger partial charge in [-0.1, -0.05) is 36.4 Å². The molecule has 0 bridgehead atoms. The highest BCUT2D eigenvalue weighted by molar-refractivity contribution is 7.79. The number of hydrogen-bond acceptors (Lipinski definition) is 1. The van der Waals surface area contributed by atoms with Crippen molar-refractivity contribution in [2.45, 2.75) is 0 Å². The van der Waals surface area contributed by atoms with Crippen LogP contribution in [0.3, 0.4) is 0 Å². The number of nitrogens with zero attached hydrogens (tertiary/aromatic N) is 1. The van der Waals surface area contributed by atoms with Gasteiger partial charge in [0.15, 0.2) is 23.3 Å². The van der Waals surface area contributed by atoms with Crippen molar-refractivity contribution < 1.29 is 17.6 Å². The smallest absolute Gasteiger partial charge is 0.159 e. The number of halogens is 4. The van der Waals surface area contributed by atoms with Crippen LogP contribution in [0.5, 0.6) is 0 Å². The van der Waals surface area contributed by atoms with Crippen molar-refractivity contribution in [3.05, 3.63) is 96.1 Å². The molecule has 0 radical (unpaired) electrons. The zero-order chi connectivity index (χ0) is 19.0. The lowest BCUT2D eigenvalue weighted by atomic mass is 10.2. The van der Waals surface area contributed by atoms with E-state index in [9.17, 15) is 17.6 Å². The number of aromatic nitrogens is 1. The van der Waals surface area contributed by atoms with Crippen LogP contribution in [0, 0.1) is 23.3 Å². The zero-order valence-corrected chi connectivity index (χ0v) is 14.7. The monoisotopic (exact) mass is 385 g/mol. The zero-order valence-electron chi connectivity index (χ0n) is 13.8. The highest BCUT2D eigenvalue weighted by atomic mass is 31.1. The molecular weight excluding hydrogens is 373 g/mol. The average Bonchev–Trinajstić information content (AvgIpc) is 2.67. The van der Waals surface area contributed by atoms with Crippen LogP contribution in [0.4, 0.5) is 17.6 Å². The molecule has 0 N–H and O–H groups in total. The molecule has 4 rings (SSSR count). The number of rotatable bonds is 3. The molecule has 0 aliphatic heterocycles. The van der Waals surface area contributed by atoms with Crippen LogP contribution in [-0.2, 0) is 0 Å². The summed E-state index contributed by atoms with van der Waals surface area (Å²) in [5.41, 5.74) is 1.31. The molecule has 4 aromatic rings. The number of fused-ring (bicyclic) bond motifs is 1. The minimum Gasteiger partial charge on any atom is -0.247 e. The molecule has 0 aliphatic rings. The molecule has 0 aliphatic carbocycles. The van der Waals surface area contributed by atoms with Crippen molar-refractivity contribution in [2.24, 2.45) is 0 Å². The van der Waals surface area contributed by atoms with Crippen molar-refractivity contribution in [1.82, 2.24) is 4.98 Å². The molecule has 6 heteroatoms. The fourth-order valence-corrected chi connectivity index (χ4v) is 5.03. The van der Waals surface area contributed by atoms with Gasteiger partial charge >= 0.3 is 0 Å². The van der Waals surface area contributed by atoms with Crippen LogP contribution in [-0.4, -0.2) is 4.98 Å². The van der Waals surface area contributed by atoms with Gasteiger partial charge < -0.3 is 0 Å². The van der Waals surface area contributed by atoms with E-state index in [1.165, 1.54) is 12.1 Å². The van der Waals surface area contributed by atoms with E-state index < -0.39 is 31.2 Å². The first kappa shape index (κ1) is 17.6. The van der Waals surface area contributed by atoms with Crippen molar-refractivity contribution in [1.29, 1.82) is 0 Å². The Bertz CT molecular complexity index is 1090. The summed E-state index contributed by atoms with van der Waals surface area (Å²) in [4.78, 5) is 4.63. The van der Waals surface area contributed by atoms with Gasteiger partial charge in [0.25, 0.3) is 0 Å². The van der Waals surface area contributed by atoms with E-state index in [2.05, 4.69) is 4.98 Å². The molecular formula is C21H12F4NP. The van der Waals surface area contributed by atoms with Crippen molar-refractivity contribution in [2.75, 3.05) is 0 Å². The summed E-state index contributed by atoms with van der Waals surface area (Å²) in [6, 6.07) is 18.2. The molecule has 1 nitrogen and oxygen atoms in total. The largest absolute Gasteiger partial charge is 0.247 e. The van der Waals surface area contributed by atoms with Gasteiger partial charge in [-0.2, -0.15) is 0 Å². The predicted octanol–water partition coefficient (Wildman–Crippen LogP) is 4.55. The Balaban J connectivity index is 1.93. The van der Waals surface area contributed by atoms with Crippen LogP contribution in [0.25, 0.3) is 10.9 Å². The maximum Gasteiger partial charge on any atom is 0.159 e. The molecule has 27 heavy (non-hydrogen) atoms. The third kappa shape index (κ3) is 3.43. The van der Waals surface area contributed by atoms with Gasteiger partial charge in [0.05, 0.1) is 11.0 Å². The summed E-state index contributed by atoms with van der Waals surface area (Å²) in [5.74, 6) is -3.93. The molecule has 0 fully saturated rings. The molecule has 0 saturated carbocycles. The maximum absolute atomic E-state index is 13.8. The van der Waals surface area contributed by atoms with Crippen LogP contribution >= 0.6 is 7.92 Å². The molecule has 0 unspecified atom stereocenters. The van der Waals surface area contributed by atoms with Gasteiger partial charge in [-0.15, -0.1) is 0 Å². The van der Waals surface area contributed by atoms with Gasteiger partial charge in [0.1, 0.15) is 0 Å². The summed E-state index contributed by atoms with van der Waals surface area (Å²) in [6.45, 7) is 0. The third-order valence-electron chi connectivity index (χ3n) is 4.14. The molecule has 134 valence electrons. The minimum atomic E-state index is -1.50. The molecule has 0 atom stereocenters. The summed E-state index contributed by atoms with van der Waals surface area (Å²) in [6.07, 6.45) is 0. The molecule has 1 aromatic heterocycles. The van der Waals surface area contributed by atoms with E-state index in [1.54, 1.807) is 6.07 Å². The van der Waals surface area contributed by atoms with Gasteiger partial charge in [-0.3, -0.25) is 0 Å². The highest BCUT2D eigenvalue weighted by Crippen LogP contribution is 2.33. The maximum atomic E-state index is 13.8. The fourth-order valence-electron chi connectivity index (χ4n) is 2.84. The highest BCUT2D eigenvalue weighted by Gasteiger charge is 2.21. The average molecular weight is 385 g/mol. The van der Waals surface area contributed by atoms with Gasteiger partial charge in [0, 0.05) is 13.3 Å². The number of para-hydroxylation sites is 1. The molecule has 3 aromatic carbocycles. The third-order valence-corrected chi connectivity index (χ3v) is 6.43. The molecule has 0 spiro atoms. The summed E-state index contributed by atoms with van der Waals surface area (Å²) < 4.78 is 54.5. The van der Waals surface area contributed by atoms with E-state index in [0.29, 0.717) is 16.0 Å². The van der Waals surface area contributed by atoms with Gasteiger partial charge in [-0.05, 0) is 47.0 Å². The second-order valence-corrected chi connectivity index (χ2v) is 8.06. The van der Waals surface area contributed by atoms with Crippen LogP contribution in [0.15, 0.2) is 72.8 Å². The van der Waals surface area contributed by atoms with E-state index >= 15 is 0 Å². The first-order chi connectivity index (χ1) is 13.0. The van der Waals surface area contributed by atoms with Crippen LogP contribution in [0.1, 0.15) is 0 Å². The molecule has 0 saturated heterocycles. The Morgan fingerprint density at radius 1 is 0.593 bits per heavy atom. The SMILES string of the molecule is Fc1ccc(P(c2ccc(F)c(F)c2)c2ccc3ccccc3n2)cc1F. The second-order valence-electron chi connectivity index (χ2n) is 5.89. The lowest BCUT2D eigenvalue weighted by Crippen LogP contribution is -2.24. The van der Waals surface area contributed by atoms with E-state index in [1.807, 2.05) is 30.3 Å². The van der Waals surface area contributed by atoms with Crippen molar-refractivity contribution in [3.63, 3.8) is 0 Å². The Morgan fingerprint density at radius 2 is 1.19 bits per heavy atom. The van der Waals surface area contributed by atoms with Gasteiger partial charge in [-0.25, -0.2) is 22.5 Å². The van der Waals surface area contributed by atoms with E-state index in [0.717, 1.165) is 35.2 Å². The normalized spacial score (nSPS) is 11.3. The number of benzene rings is 3. The van der Waals surface area contributed by atoms with E-state index in [-0.39, 0.29) is 0 Å². The minimum absolute atomic E-state index is 0.456. The summed E-state index contributed by atoms with van der Waals surface area (Å²) >= 11 is 0. The Labute approximate surface area is 154 Å². The lowest BCUT2D eigenvalue weighted by Gasteiger charge is -2.19. The topological polar surface area (TPSA) is 12.9 Å². The molecule has 1 heterocycles. The predicted molar refractivity (Wildman–Crippen MR) is 100 cm³/mol. The second kappa shape index (κ2) is 7.09. The first-order valence-electron chi connectivity index (χ1n) is 8.09. The number of hydrogen-bond donors (Lipinski definition) is 0. The Kier molecular flexibility index (Phi) is 4.63. The summed E-state index contributed by atoms with van der Waals surface area (Å²) in [5, 5.41) is 1.84. The van der Waals surface area contributed by atoms with Crippen LogP contribution in [0.2, 0.25) is 0 Å². The standard InChI is InChI=1S/C21H12F4NP/c22-16-8-6-14(11-18(16)24)27(15-7-9-17(23)19(25)12-15)21-10-5-13-3-1-2-4-20(13)26-21/h1-12H. The molecule has 0 amide bonds. The number of pyridine rings is 1. The fraction of sp³-hybridized carbons (Fsp3) is 0. The summed E-state index contributed by atoms with van der Waals surface area (Å²) in [7, 11) is -1.50. The quantitative estimate of drug-likeness (QED) is 0.373. The van der Waals surface area contributed by atoms with Gasteiger partial charge in [0.2, 0.25) is 0 Å². The van der Waals surface area contributed by atoms with Crippen molar-refractivity contribution in [3.8, 4) is 0 Å². The van der Waals surface area contributed by atoms with Crippen LogP contribution < -0.4 is 16.0 Å². The van der Waals surface area contributed by atoms with Crippen molar-refractivity contribution >= 4 is 34.9 Å². The first-order valence-corrected chi connectivity index (χ1v) is 9.43. The Hall–Kier alpha value is -2.78.